The maximum absolute atomic E-state index is 13.7. The molecular formula is C23H17F2N3O3. The number of carbonyl (C=O) groups excluding carboxylic acids is 2. The van der Waals surface area contributed by atoms with Crippen LogP contribution in [0.1, 0.15) is 11.1 Å². The molecule has 156 valence electrons. The first-order chi connectivity index (χ1) is 15.0. The molecule has 2 amide bonds. The molecule has 0 atom stereocenters. The minimum Gasteiger partial charge on any atom is -0.497 e. The Labute approximate surface area is 176 Å². The Balaban J connectivity index is 1.75. The minimum absolute atomic E-state index is 0.0219. The SMILES string of the molecule is COc1ccc(C2=C(Nc3ccc(F)c(F)c3)C(=O)N(Cc3cccnc3)C2=O)cc1. The third-order valence-electron chi connectivity index (χ3n) is 4.80. The fraction of sp³-hybridized carbons (Fsp3) is 0.0870. The van der Waals surface area contributed by atoms with Crippen LogP contribution in [0.3, 0.4) is 0 Å². The van der Waals surface area contributed by atoms with Crippen molar-refractivity contribution in [3.05, 3.63) is 95.4 Å². The maximum Gasteiger partial charge on any atom is 0.278 e. The highest BCUT2D eigenvalue weighted by Crippen LogP contribution is 2.32. The van der Waals surface area contributed by atoms with Gasteiger partial charge in [0.1, 0.15) is 11.4 Å². The lowest BCUT2D eigenvalue weighted by Crippen LogP contribution is -2.32. The molecule has 0 unspecified atom stereocenters. The fourth-order valence-electron chi connectivity index (χ4n) is 3.25. The summed E-state index contributed by atoms with van der Waals surface area (Å²) in [5, 5.41) is 2.80. The van der Waals surface area contributed by atoms with Crippen LogP contribution in [0.25, 0.3) is 5.57 Å². The van der Waals surface area contributed by atoms with Gasteiger partial charge in [0.25, 0.3) is 11.8 Å². The van der Waals surface area contributed by atoms with Gasteiger partial charge in [0.15, 0.2) is 11.6 Å². The van der Waals surface area contributed by atoms with E-state index in [1.54, 1.807) is 48.8 Å². The fourth-order valence-corrected chi connectivity index (χ4v) is 3.25. The Bertz CT molecular complexity index is 1180. The number of halogens is 2. The van der Waals surface area contributed by atoms with E-state index in [-0.39, 0.29) is 23.5 Å². The number of carbonyl (C=O) groups is 2. The van der Waals surface area contributed by atoms with Crippen LogP contribution >= 0.6 is 0 Å². The number of anilines is 1. The number of benzene rings is 2. The highest BCUT2D eigenvalue weighted by Gasteiger charge is 2.39. The molecule has 1 aromatic heterocycles. The zero-order valence-corrected chi connectivity index (χ0v) is 16.4. The van der Waals surface area contributed by atoms with Gasteiger partial charge in [-0.2, -0.15) is 0 Å². The van der Waals surface area contributed by atoms with Crippen molar-refractivity contribution in [1.82, 2.24) is 9.88 Å². The van der Waals surface area contributed by atoms with Gasteiger partial charge in [-0.3, -0.25) is 19.5 Å². The summed E-state index contributed by atoms with van der Waals surface area (Å²) in [6.07, 6.45) is 3.16. The molecule has 3 aromatic rings. The number of nitrogens with one attached hydrogen (secondary N) is 1. The van der Waals surface area contributed by atoms with Crippen molar-refractivity contribution < 1.29 is 23.1 Å². The van der Waals surface area contributed by atoms with Crippen molar-refractivity contribution in [3.8, 4) is 5.75 Å². The van der Waals surface area contributed by atoms with Gasteiger partial charge in [-0.15, -0.1) is 0 Å². The van der Waals surface area contributed by atoms with Crippen LogP contribution in [0.2, 0.25) is 0 Å². The summed E-state index contributed by atoms with van der Waals surface area (Å²) >= 11 is 0. The topological polar surface area (TPSA) is 71.5 Å². The Hall–Kier alpha value is -4.07. The van der Waals surface area contributed by atoms with E-state index < -0.39 is 23.4 Å². The molecule has 0 bridgehead atoms. The van der Waals surface area contributed by atoms with Crippen molar-refractivity contribution >= 4 is 23.1 Å². The van der Waals surface area contributed by atoms with Gasteiger partial charge in [0.2, 0.25) is 0 Å². The lowest BCUT2D eigenvalue weighted by Gasteiger charge is -2.15. The van der Waals surface area contributed by atoms with Crippen molar-refractivity contribution in [2.45, 2.75) is 6.54 Å². The Kier molecular flexibility index (Phi) is 5.44. The molecule has 2 heterocycles. The molecule has 0 aliphatic carbocycles. The molecule has 1 N–H and O–H groups in total. The second-order valence-electron chi connectivity index (χ2n) is 6.79. The van der Waals surface area contributed by atoms with Gasteiger partial charge in [-0.25, -0.2) is 8.78 Å². The molecule has 1 aliphatic rings. The molecule has 2 aromatic carbocycles. The molecule has 0 saturated heterocycles. The first kappa shape index (κ1) is 20.2. The van der Waals surface area contributed by atoms with Crippen LogP contribution in [-0.2, 0) is 16.1 Å². The normalized spacial score (nSPS) is 13.7. The lowest BCUT2D eigenvalue weighted by atomic mass is 10.0. The van der Waals surface area contributed by atoms with Crippen LogP contribution in [0, 0.1) is 11.6 Å². The summed E-state index contributed by atoms with van der Waals surface area (Å²) in [5.41, 5.74) is 1.40. The summed E-state index contributed by atoms with van der Waals surface area (Å²) in [5.74, 6) is -2.58. The number of hydrogen-bond acceptors (Lipinski definition) is 5. The number of aromatic nitrogens is 1. The first-order valence-electron chi connectivity index (χ1n) is 9.34. The van der Waals surface area contributed by atoms with E-state index in [4.69, 9.17) is 4.74 Å². The van der Waals surface area contributed by atoms with Crippen molar-refractivity contribution in [3.63, 3.8) is 0 Å². The number of rotatable bonds is 6. The average molecular weight is 421 g/mol. The van der Waals surface area contributed by atoms with Crippen LogP contribution in [-0.4, -0.2) is 28.8 Å². The molecule has 8 heteroatoms. The van der Waals surface area contributed by atoms with Gasteiger partial charge in [0, 0.05) is 24.1 Å². The van der Waals surface area contributed by atoms with E-state index in [0.29, 0.717) is 16.9 Å². The average Bonchev–Trinajstić information content (AvgIpc) is 3.01. The molecule has 1 aliphatic heterocycles. The molecule has 6 nitrogen and oxygen atoms in total. The summed E-state index contributed by atoms with van der Waals surface area (Å²) in [6, 6.07) is 13.3. The molecule has 31 heavy (non-hydrogen) atoms. The van der Waals surface area contributed by atoms with Gasteiger partial charge in [0.05, 0.1) is 19.2 Å². The Morgan fingerprint density at radius 1 is 1.00 bits per heavy atom. The highest BCUT2D eigenvalue weighted by molar-refractivity contribution is 6.36. The molecule has 0 saturated carbocycles. The van der Waals surface area contributed by atoms with Gasteiger partial charge in [-0.1, -0.05) is 18.2 Å². The van der Waals surface area contributed by atoms with Crippen LogP contribution < -0.4 is 10.1 Å². The van der Waals surface area contributed by atoms with E-state index >= 15 is 0 Å². The maximum atomic E-state index is 13.7. The third kappa shape index (κ3) is 4.00. The van der Waals surface area contributed by atoms with E-state index in [0.717, 1.165) is 17.0 Å². The highest BCUT2D eigenvalue weighted by atomic mass is 19.2. The van der Waals surface area contributed by atoms with Crippen LogP contribution in [0.4, 0.5) is 14.5 Å². The number of hydrogen-bond donors (Lipinski definition) is 1. The second kappa shape index (κ2) is 8.35. The Morgan fingerprint density at radius 3 is 2.42 bits per heavy atom. The predicted molar refractivity (Wildman–Crippen MR) is 110 cm³/mol. The van der Waals surface area contributed by atoms with Crippen LogP contribution in [0.5, 0.6) is 5.75 Å². The number of nitrogens with zero attached hydrogens (tertiary/aromatic N) is 2. The van der Waals surface area contributed by atoms with Gasteiger partial charge < -0.3 is 10.1 Å². The lowest BCUT2D eigenvalue weighted by molar-refractivity contribution is -0.137. The number of amides is 2. The summed E-state index contributed by atoms with van der Waals surface area (Å²) in [6.45, 7) is 0.0219. The second-order valence-corrected chi connectivity index (χ2v) is 6.79. The zero-order chi connectivity index (χ0) is 22.0. The van der Waals surface area contributed by atoms with Crippen molar-refractivity contribution in [2.75, 3.05) is 12.4 Å². The standard InChI is InChI=1S/C23H17F2N3O3/c1-31-17-7-4-15(5-8-17)20-21(27-16-6-9-18(24)19(25)11-16)23(30)28(22(20)29)13-14-3-2-10-26-12-14/h2-12,27H,13H2,1H3. The van der Waals surface area contributed by atoms with E-state index in [2.05, 4.69) is 10.3 Å². The minimum atomic E-state index is -1.07. The molecule has 0 radical (unpaired) electrons. The van der Waals surface area contributed by atoms with Crippen LogP contribution in [0.15, 0.2) is 72.7 Å². The number of pyridine rings is 1. The van der Waals surface area contributed by atoms with Crippen molar-refractivity contribution in [2.24, 2.45) is 0 Å². The predicted octanol–water partition coefficient (Wildman–Crippen LogP) is 3.76. The molecular weight excluding hydrogens is 404 g/mol. The summed E-state index contributed by atoms with van der Waals surface area (Å²) in [7, 11) is 1.52. The van der Waals surface area contributed by atoms with E-state index in [1.807, 2.05) is 0 Å². The molecule has 0 fully saturated rings. The van der Waals surface area contributed by atoms with Gasteiger partial charge in [-0.05, 0) is 41.5 Å². The third-order valence-corrected chi connectivity index (χ3v) is 4.80. The first-order valence-corrected chi connectivity index (χ1v) is 9.34. The largest absolute Gasteiger partial charge is 0.497 e. The van der Waals surface area contributed by atoms with Crippen molar-refractivity contribution in [1.29, 1.82) is 0 Å². The zero-order valence-electron chi connectivity index (χ0n) is 16.4. The monoisotopic (exact) mass is 421 g/mol. The van der Waals surface area contributed by atoms with E-state index in [9.17, 15) is 18.4 Å². The van der Waals surface area contributed by atoms with E-state index in [1.165, 1.54) is 13.2 Å². The smallest absolute Gasteiger partial charge is 0.278 e. The summed E-state index contributed by atoms with van der Waals surface area (Å²) < 4.78 is 32.1. The number of methoxy groups -OCH3 is 1. The number of ether oxygens (including phenoxy) is 1. The Morgan fingerprint density at radius 2 is 1.77 bits per heavy atom. The summed E-state index contributed by atoms with van der Waals surface area (Å²) in [4.78, 5) is 31.5. The molecule has 0 spiro atoms. The quantitative estimate of drug-likeness (QED) is 0.614. The number of imide groups is 1. The van der Waals surface area contributed by atoms with Gasteiger partial charge >= 0.3 is 0 Å². The molecule has 4 rings (SSSR count).